The molecule has 1 amide bonds. The Balaban J connectivity index is 1.58. The number of alkyl halides is 3. The van der Waals surface area contributed by atoms with E-state index in [-0.39, 0.29) is 11.7 Å². The maximum absolute atomic E-state index is 13.7. The van der Waals surface area contributed by atoms with Gasteiger partial charge in [0.25, 0.3) is 5.91 Å². The van der Waals surface area contributed by atoms with Crippen LogP contribution in [0.1, 0.15) is 62.5 Å². The third kappa shape index (κ3) is 5.67. The summed E-state index contributed by atoms with van der Waals surface area (Å²) in [7, 11) is 1.61. The maximum Gasteiger partial charge on any atom is 0.406 e. The highest BCUT2D eigenvalue weighted by Gasteiger charge is 2.46. The Morgan fingerprint density at radius 3 is 2.61 bits per heavy atom. The van der Waals surface area contributed by atoms with Gasteiger partial charge < -0.3 is 19.9 Å². The third-order valence-electron chi connectivity index (χ3n) is 7.18. The van der Waals surface area contributed by atoms with Gasteiger partial charge in [-0.25, -0.2) is 0 Å². The van der Waals surface area contributed by atoms with Crippen LogP contribution in [0.2, 0.25) is 0 Å². The molecular formula is C27H33F3N4O2. The first-order valence-corrected chi connectivity index (χ1v) is 12.1. The number of carbonyl (C=O) groups excluding carboxylic acids is 1. The fourth-order valence-electron chi connectivity index (χ4n) is 5.34. The highest BCUT2D eigenvalue weighted by Crippen LogP contribution is 2.38. The summed E-state index contributed by atoms with van der Waals surface area (Å²) >= 11 is 0. The van der Waals surface area contributed by atoms with Crippen LogP contribution in [0, 0.1) is 0 Å². The minimum absolute atomic E-state index is 0.0613. The zero-order valence-corrected chi connectivity index (χ0v) is 21.1. The standard InChI is InChI=1S/C27H33F3N4O2/c1-25(2,18-9-11-20(36-4)12-10-18)33-19-7-5-13-26(3,16-19)34(17-27(28,29)30)24(35)23-15-22-21(32-23)8-6-14-31-22/h6,8-12,14-15,19,32-33H,5,7,13,16-17H2,1-4H3/t19-,26?/m1/s1. The van der Waals surface area contributed by atoms with Gasteiger partial charge in [-0.15, -0.1) is 0 Å². The summed E-state index contributed by atoms with van der Waals surface area (Å²) in [5.74, 6) is 0.0937. The molecule has 1 aromatic carbocycles. The second-order valence-corrected chi connectivity index (χ2v) is 10.4. The van der Waals surface area contributed by atoms with Crippen LogP contribution in [-0.4, -0.2) is 52.2 Å². The number of hydrogen-bond acceptors (Lipinski definition) is 4. The van der Waals surface area contributed by atoms with Crippen molar-refractivity contribution in [3.05, 3.63) is 59.9 Å². The van der Waals surface area contributed by atoms with Crippen LogP contribution in [0.3, 0.4) is 0 Å². The smallest absolute Gasteiger partial charge is 0.406 e. The van der Waals surface area contributed by atoms with E-state index in [0.717, 1.165) is 22.6 Å². The summed E-state index contributed by atoms with van der Waals surface area (Å²) in [6.07, 6.45) is -0.503. The van der Waals surface area contributed by atoms with Crippen molar-refractivity contribution >= 4 is 16.9 Å². The van der Waals surface area contributed by atoms with E-state index in [1.165, 1.54) is 6.07 Å². The molecule has 0 bridgehead atoms. The SMILES string of the molecule is COc1ccc(C(C)(C)N[C@@H]2CCCC(C)(N(CC(F)(F)F)C(=O)c3cc4ncccc4[nH]3)C2)cc1. The molecule has 0 aliphatic heterocycles. The van der Waals surface area contributed by atoms with Gasteiger partial charge in [0, 0.05) is 23.3 Å². The van der Waals surface area contributed by atoms with Crippen molar-refractivity contribution in [3.63, 3.8) is 0 Å². The fourth-order valence-corrected chi connectivity index (χ4v) is 5.34. The molecular weight excluding hydrogens is 469 g/mol. The van der Waals surface area contributed by atoms with E-state index in [9.17, 15) is 18.0 Å². The van der Waals surface area contributed by atoms with Crippen molar-refractivity contribution in [2.45, 2.75) is 69.8 Å². The minimum Gasteiger partial charge on any atom is -0.497 e. The molecule has 4 rings (SSSR count). The van der Waals surface area contributed by atoms with Gasteiger partial charge in [0.1, 0.15) is 18.0 Å². The predicted octanol–water partition coefficient (Wildman–Crippen LogP) is 5.80. The molecule has 0 radical (unpaired) electrons. The van der Waals surface area contributed by atoms with Crippen LogP contribution in [0.4, 0.5) is 13.2 Å². The van der Waals surface area contributed by atoms with E-state index in [0.29, 0.717) is 30.3 Å². The van der Waals surface area contributed by atoms with Gasteiger partial charge in [0.15, 0.2) is 0 Å². The number of pyridine rings is 1. The van der Waals surface area contributed by atoms with Crippen molar-refractivity contribution < 1.29 is 22.7 Å². The molecule has 36 heavy (non-hydrogen) atoms. The number of nitrogens with one attached hydrogen (secondary N) is 2. The highest BCUT2D eigenvalue weighted by molar-refractivity contribution is 5.97. The number of nitrogens with zero attached hydrogens (tertiary/aromatic N) is 2. The van der Waals surface area contributed by atoms with Crippen LogP contribution >= 0.6 is 0 Å². The quantitative estimate of drug-likeness (QED) is 0.428. The van der Waals surface area contributed by atoms with Crippen molar-refractivity contribution in [3.8, 4) is 5.75 Å². The number of hydrogen-bond donors (Lipinski definition) is 2. The number of benzene rings is 1. The molecule has 194 valence electrons. The molecule has 9 heteroatoms. The molecule has 2 N–H and O–H groups in total. The van der Waals surface area contributed by atoms with E-state index in [4.69, 9.17) is 4.74 Å². The number of H-pyrrole nitrogens is 1. The topological polar surface area (TPSA) is 70.2 Å². The lowest BCUT2D eigenvalue weighted by atomic mass is 9.77. The van der Waals surface area contributed by atoms with Gasteiger partial charge in [-0.1, -0.05) is 12.1 Å². The molecule has 2 aromatic heterocycles. The summed E-state index contributed by atoms with van der Waals surface area (Å²) in [5, 5.41) is 3.64. The Bertz CT molecular complexity index is 1170. The maximum atomic E-state index is 13.7. The average molecular weight is 503 g/mol. The van der Waals surface area contributed by atoms with E-state index in [1.807, 2.05) is 24.3 Å². The van der Waals surface area contributed by atoms with Gasteiger partial charge in [-0.2, -0.15) is 13.2 Å². The Morgan fingerprint density at radius 2 is 1.97 bits per heavy atom. The van der Waals surface area contributed by atoms with Crippen LogP contribution in [0.5, 0.6) is 5.75 Å². The van der Waals surface area contributed by atoms with E-state index >= 15 is 0 Å². The number of carbonyl (C=O) groups is 1. The molecule has 0 saturated heterocycles. The number of ether oxygens (including phenoxy) is 1. The normalized spacial score (nSPS) is 20.9. The Labute approximate surface area is 209 Å². The van der Waals surface area contributed by atoms with Crippen LogP contribution in [0.25, 0.3) is 11.0 Å². The molecule has 1 saturated carbocycles. The molecule has 0 spiro atoms. The first-order valence-electron chi connectivity index (χ1n) is 12.1. The summed E-state index contributed by atoms with van der Waals surface area (Å²) < 4.78 is 46.4. The molecule has 3 aromatic rings. The zero-order valence-electron chi connectivity index (χ0n) is 21.1. The molecule has 2 atom stereocenters. The van der Waals surface area contributed by atoms with Crippen LogP contribution in [0.15, 0.2) is 48.7 Å². The summed E-state index contributed by atoms with van der Waals surface area (Å²) in [6.45, 7) is 4.57. The van der Waals surface area contributed by atoms with Crippen molar-refractivity contribution in [2.75, 3.05) is 13.7 Å². The molecule has 1 fully saturated rings. The van der Waals surface area contributed by atoms with Gasteiger partial charge in [-0.3, -0.25) is 9.78 Å². The highest BCUT2D eigenvalue weighted by atomic mass is 19.4. The van der Waals surface area contributed by atoms with Crippen LogP contribution < -0.4 is 10.1 Å². The average Bonchev–Trinajstić information content (AvgIpc) is 3.26. The number of methoxy groups -OCH3 is 1. The number of rotatable bonds is 7. The second-order valence-electron chi connectivity index (χ2n) is 10.4. The lowest BCUT2D eigenvalue weighted by Gasteiger charge is -2.48. The second kappa shape index (κ2) is 9.76. The van der Waals surface area contributed by atoms with E-state index < -0.39 is 29.7 Å². The number of halogens is 3. The van der Waals surface area contributed by atoms with Gasteiger partial charge in [0.05, 0.1) is 18.1 Å². The molecule has 1 aliphatic carbocycles. The van der Waals surface area contributed by atoms with Crippen LogP contribution in [-0.2, 0) is 5.54 Å². The number of fused-ring (bicyclic) bond motifs is 1. The number of amides is 1. The van der Waals surface area contributed by atoms with Crippen molar-refractivity contribution in [1.29, 1.82) is 0 Å². The number of aromatic amines is 1. The van der Waals surface area contributed by atoms with Crippen molar-refractivity contribution in [1.82, 2.24) is 20.2 Å². The Morgan fingerprint density at radius 1 is 1.25 bits per heavy atom. The first kappa shape index (κ1) is 26.0. The summed E-state index contributed by atoms with van der Waals surface area (Å²) in [4.78, 5) is 21.7. The Hall–Kier alpha value is -3.07. The lowest BCUT2D eigenvalue weighted by molar-refractivity contribution is -0.153. The van der Waals surface area contributed by atoms with Gasteiger partial charge in [-0.05, 0) is 82.3 Å². The zero-order chi connectivity index (χ0) is 26.1. The molecule has 1 unspecified atom stereocenters. The fraction of sp³-hybridized carbons (Fsp3) is 0.481. The van der Waals surface area contributed by atoms with E-state index in [2.05, 4.69) is 29.1 Å². The summed E-state index contributed by atoms with van der Waals surface area (Å²) in [5.41, 5.74) is 0.928. The van der Waals surface area contributed by atoms with Crippen molar-refractivity contribution in [2.24, 2.45) is 0 Å². The molecule has 1 aliphatic rings. The van der Waals surface area contributed by atoms with Gasteiger partial charge >= 0.3 is 6.18 Å². The monoisotopic (exact) mass is 502 g/mol. The third-order valence-corrected chi connectivity index (χ3v) is 7.18. The minimum atomic E-state index is -4.52. The Kier molecular flexibility index (Phi) is 7.05. The molecule has 6 nitrogen and oxygen atoms in total. The lowest BCUT2D eigenvalue weighted by Crippen LogP contribution is -2.59. The molecule has 2 heterocycles. The summed E-state index contributed by atoms with van der Waals surface area (Å²) in [6, 6.07) is 12.7. The largest absolute Gasteiger partial charge is 0.497 e. The number of aromatic nitrogens is 2. The first-order chi connectivity index (χ1) is 16.9. The van der Waals surface area contributed by atoms with E-state index in [1.54, 1.807) is 32.4 Å². The predicted molar refractivity (Wildman–Crippen MR) is 133 cm³/mol. The van der Waals surface area contributed by atoms with Gasteiger partial charge in [0.2, 0.25) is 0 Å².